The number of benzene rings is 2. The third-order valence-electron chi connectivity index (χ3n) is 5.93. The first kappa shape index (κ1) is 23.8. The molecule has 34 heavy (non-hydrogen) atoms. The Morgan fingerprint density at radius 1 is 1.09 bits per heavy atom. The van der Waals surface area contributed by atoms with Crippen LogP contribution in [0.25, 0.3) is 11.3 Å². The number of carbonyl (C=O) groups is 1. The molecule has 2 aromatic carbocycles. The van der Waals surface area contributed by atoms with Crippen molar-refractivity contribution in [2.24, 2.45) is 7.05 Å². The van der Waals surface area contributed by atoms with Crippen molar-refractivity contribution in [3.05, 3.63) is 65.9 Å². The lowest BCUT2D eigenvalue weighted by atomic mass is 10.1. The van der Waals surface area contributed by atoms with Gasteiger partial charge in [0.25, 0.3) is 5.91 Å². The third-order valence-corrected chi connectivity index (χ3v) is 5.93. The minimum atomic E-state index is -4.63. The first-order valence-corrected chi connectivity index (χ1v) is 11.3. The van der Waals surface area contributed by atoms with E-state index >= 15 is 0 Å². The second-order valence-electron chi connectivity index (χ2n) is 8.30. The smallest absolute Gasteiger partial charge is 0.417 e. The van der Waals surface area contributed by atoms with Crippen LogP contribution in [0.1, 0.15) is 35.2 Å². The largest absolute Gasteiger partial charge is 0.492 e. The second-order valence-corrected chi connectivity index (χ2v) is 8.30. The van der Waals surface area contributed by atoms with Gasteiger partial charge in [0, 0.05) is 31.0 Å². The van der Waals surface area contributed by atoms with Crippen molar-refractivity contribution < 1.29 is 22.7 Å². The van der Waals surface area contributed by atoms with E-state index in [1.165, 1.54) is 31.4 Å². The molecule has 0 spiro atoms. The summed E-state index contributed by atoms with van der Waals surface area (Å²) < 4.78 is 47.8. The molecule has 1 saturated heterocycles. The summed E-state index contributed by atoms with van der Waals surface area (Å²) in [6.07, 6.45) is 0.693. The zero-order chi connectivity index (χ0) is 24.1. The molecular formula is C25H27F3N4O2. The van der Waals surface area contributed by atoms with Gasteiger partial charge < -0.3 is 10.1 Å². The zero-order valence-corrected chi connectivity index (χ0v) is 18.9. The van der Waals surface area contributed by atoms with Gasteiger partial charge in [0.2, 0.25) is 0 Å². The Morgan fingerprint density at radius 2 is 1.85 bits per heavy atom. The van der Waals surface area contributed by atoms with Crippen molar-refractivity contribution in [1.29, 1.82) is 0 Å². The van der Waals surface area contributed by atoms with Gasteiger partial charge >= 0.3 is 6.18 Å². The number of anilines is 1. The van der Waals surface area contributed by atoms with Crippen molar-refractivity contribution in [3.8, 4) is 17.0 Å². The van der Waals surface area contributed by atoms with Crippen LogP contribution in [0, 0.1) is 0 Å². The fraction of sp³-hybridized carbons (Fsp3) is 0.360. The average Bonchev–Trinajstić information content (AvgIpc) is 3.25. The number of rotatable bonds is 7. The van der Waals surface area contributed by atoms with E-state index in [1.54, 1.807) is 36.1 Å². The van der Waals surface area contributed by atoms with Crippen molar-refractivity contribution in [1.82, 2.24) is 14.7 Å². The van der Waals surface area contributed by atoms with Gasteiger partial charge in [-0.25, -0.2) is 0 Å². The van der Waals surface area contributed by atoms with E-state index < -0.39 is 23.2 Å². The van der Waals surface area contributed by atoms with Crippen LogP contribution in [0.2, 0.25) is 0 Å². The monoisotopic (exact) mass is 472 g/mol. The Balaban J connectivity index is 1.55. The number of hydrogen-bond acceptors (Lipinski definition) is 4. The topological polar surface area (TPSA) is 59.4 Å². The van der Waals surface area contributed by atoms with Crippen LogP contribution in [0.3, 0.4) is 0 Å². The van der Waals surface area contributed by atoms with E-state index in [0.29, 0.717) is 23.6 Å². The third kappa shape index (κ3) is 5.59. The van der Waals surface area contributed by atoms with Gasteiger partial charge in [-0.1, -0.05) is 18.6 Å². The summed E-state index contributed by atoms with van der Waals surface area (Å²) in [5, 5.41) is 6.80. The number of hydrogen-bond donors (Lipinski definition) is 1. The van der Waals surface area contributed by atoms with Crippen molar-refractivity contribution in [2.45, 2.75) is 25.4 Å². The Morgan fingerprint density at radius 3 is 2.56 bits per heavy atom. The highest BCUT2D eigenvalue weighted by atomic mass is 19.4. The van der Waals surface area contributed by atoms with Crippen molar-refractivity contribution >= 4 is 11.6 Å². The summed E-state index contributed by atoms with van der Waals surface area (Å²) in [7, 11) is 1.79. The number of aryl methyl sites for hydroxylation is 1. The predicted octanol–water partition coefficient (Wildman–Crippen LogP) is 5.22. The molecule has 1 aliphatic rings. The first-order chi connectivity index (χ1) is 16.3. The Bertz CT molecular complexity index is 1140. The zero-order valence-electron chi connectivity index (χ0n) is 18.9. The molecule has 1 N–H and O–H groups in total. The van der Waals surface area contributed by atoms with Gasteiger partial charge in [0.15, 0.2) is 0 Å². The number of nitrogens with zero attached hydrogens (tertiary/aromatic N) is 3. The second kappa shape index (κ2) is 10.3. The lowest BCUT2D eigenvalue weighted by Gasteiger charge is -2.26. The number of piperidine rings is 1. The molecule has 2 heterocycles. The highest BCUT2D eigenvalue weighted by Gasteiger charge is 2.34. The maximum absolute atomic E-state index is 13.3. The average molecular weight is 473 g/mol. The van der Waals surface area contributed by atoms with E-state index in [9.17, 15) is 18.0 Å². The summed E-state index contributed by atoms with van der Waals surface area (Å²) >= 11 is 0. The van der Waals surface area contributed by atoms with Gasteiger partial charge in [-0.05, 0) is 62.3 Å². The molecule has 3 aromatic rings. The Labute approximate surface area is 196 Å². The molecule has 0 aliphatic carbocycles. The van der Waals surface area contributed by atoms with Crippen LogP contribution >= 0.6 is 0 Å². The van der Waals surface area contributed by atoms with Crippen LogP contribution in [0.4, 0.5) is 18.9 Å². The summed E-state index contributed by atoms with van der Waals surface area (Å²) in [6, 6.07) is 11.6. The fourth-order valence-electron chi connectivity index (χ4n) is 4.17. The minimum Gasteiger partial charge on any atom is -0.492 e. The molecular weight excluding hydrogens is 445 g/mol. The van der Waals surface area contributed by atoms with Crippen molar-refractivity contribution in [2.75, 3.05) is 31.6 Å². The Hall–Kier alpha value is -3.33. The molecule has 0 bridgehead atoms. The predicted molar refractivity (Wildman–Crippen MR) is 124 cm³/mol. The molecule has 0 atom stereocenters. The summed E-state index contributed by atoms with van der Waals surface area (Å²) in [4.78, 5) is 15.1. The number of halogens is 3. The molecule has 9 heteroatoms. The van der Waals surface area contributed by atoms with E-state index in [4.69, 9.17) is 4.74 Å². The van der Waals surface area contributed by atoms with Crippen LogP contribution in [-0.4, -0.2) is 46.8 Å². The molecule has 0 radical (unpaired) electrons. The van der Waals surface area contributed by atoms with Crippen LogP contribution < -0.4 is 10.1 Å². The molecule has 6 nitrogen and oxygen atoms in total. The molecule has 0 unspecified atom stereocenters. The summed E-state index contributed by atoms with van der Waals surface area (Å²) in [5.41, 5.74) is 0.415. The number of carbonyl (C=O) groups excluding carboxylic acids is 1. The maximum Gasteiger partial charge on any atom is 0.417 e. The normalized spacial score (nSPS) is 14.7. The minimum absolute atomic E-state index is 0.363. The first-order valence-electron chi connectivity index (χ1n) is 11.3. The molecule has 1 fully saturated rings. The summed E-state index contributed by atoms with van der Waals surface area (Å²) in [5.74, 6) is -0.211. The maximum atomic E-state index is 13.3. The highest BCUT2D eigenvalue weighted by Crippen LogP contribution is 2.34. The number of alkyl halides is 3. The lowest BCUT2D eigenvalue weighted by Crippen LogP contribution is -2.33. The highest BCUT2D eigenvalue weighted by molar-refractivity contribution is 6.05. The number of likely N-dealkylation sites (tertiary alicyclic amines) is 1. The van der Waals surface area contributed by atoms with Crippen LogP contribution in [0.15, 0.2) is 54.7 Å². The quantitative estimate of drug-likeness (QED) is 0.512. The molecule has 4 rings (SSSR count). The van der Waals surface area contributed by atoms with Gasteiger partial charge in [0.1, 0.15) is 12.4 Å². The molecule has 1 aromatic heterocycles. The van der Waals surface area contributed by atoms with Gasteiger partial charge in [0.05, 0.1) is 16.8 Å². The fourth-order valence-corrected chi connectivity index (χ4v) is 4.17. The summed E-state index contributed by atoms with van der Waals surface area (Å²) in [6.45, 7) is 3.47. The van der Waals surface area contributed by atoms with Crippen LogP contribution in [0.5, 0.6) is 5.75 Å². The van der Waals surface area contributed by atoms with Gasteiger partial charge in [-0.3, -0.25) is 14.4 Å². The molecule has 180 valence electrons. The van der Waals surface area contributed by atoms with E-state index in [0.717, 1.165) is 37.5 Å². The lowest BCUT2D eigenvalue weighted by molar-refractivity contribution is -0.137. The number of ether oxygens (including phenoxy) is 1. The van der Waals surface area contributed by atoms with Crippen LogP contribution in [-0.2, 0) is 13.2 Å². The Kier molecular flexibility index (Phi) is 7.21. The van der Waals surface area contributed by atoms with Crippen molar-refractivity contribution in [3.63, 3.8) is 0 Å². The SMILES string of the molecule is Cn1nccc1-c1cc(NC(=O)c2ccccc2C(F)(F)F)ccc1OCCN1CCCCC1. The van der Waals surface area contributed by atoms with Gasteiger partial charge in [-0.2, -0.15) is 18.3 Å². The molecule has 0 saturated carbocycles. The van der Waals surface area contributed by atoms with E-state index in [2.05, 4.69) is 15.3 Å². The van der Waals surface area contributed by atoms with E-state index in [1.807, 2.05) is 6.07 Å². The number of nitrogens with one attached hydrogen (secondary N) is 1. The standard InChI is InChI=1S/C25H27F3N4O2/c1-31-22(11-12-29-31)20-17-18(9-10-23(20)34-16-15-32-13-5-2-6-14-32)30-24(33)19-7-3-4-8-21(19)25(26,27)28/h3-4,7-12,17H,2,5-6,13-16H2,1H3,(H,30,33). The number of amides is 1. The number of aromatic nitrogens is 2. The van der Waals surface area contributed by atoms with Gasteiger partial charge in [-0.15, -0.1) is 0 Å². The van der Waals surface area contributed by atoms with E-state index in [-0.39, 0.29) is 0 Å². The molecule has 1 aliphatic heterocycles. The molecule has 1 amide bonds.